The van der Waals surface area contributed by atoms with Crippen LogP contribution in [0, 0.1) is 5.82 Å². The third-order valence-electron chi connectivity index (χ3n) is 4.49. The van der Waals surface area contributed by atoms with Crippen LogP contribution >= 0.6 is 11.6 Å². The molecular weight excluding hydrogens is 373 g/mol. The van der Waals surface area contributed by atoms with Gasteiger partial charge in [0.05, 0.1) is 11.2 Å². The summed E-state index contributed by atoms with van der Waals surface area (Å²) in [7, 11) is 0. The van der Waals surface area contributed by atoms with Gasteiger partial charge in [-0.15, -0.1) is 0 Å². The summed E-state index contributed by atoms with van der Waals surface area (Å²) in [6.07, 6.45) is 3.45. The summed E-state index contributed by atoms with van der Waals surface area (Å²) in [5, 5.41) is 4.89. The minimum Gasteiger partial charge on any atom is -0.354 e. The zero-order chi connectivity index (χ0) is 19.7. The van der Waals surface area contributed by atoms with Crippen molar-refractivity contribution in [1.82, 2.24) is 9.97 Å². The van der Waals surface area contributed by atoms with Crippen LogP contribution in [0.1, 0.15) is 12.5 Å². The van der Waals surface area contributed by atoms with Crippen LogP contribution in [0.4, 0.5) is 15.8 Å². The lowest BCUT2D eigenvalue weighted by Gasteiger charge is -2.15. The van der Waals surface area contributed by atoms with Crippen molar-refractivity contribution < 1.29 is 4.39 Å². The molecule has 0 fully saturated rings. The lowest BCUT2D eigenvalue weighted by atomic mass is 10.0. The molecule has 2 aromatic heterocycles. The van der Waals surface area contributed by atoms with Gasteiger partial charge in [-0.05, 0) is 48.9 Å². The molecule has 3 nitrogen and oxygen atoms in total. The predicted molar refractivity (Wildman–Crippen MR) is 114 cm³/mol. The number of fused-ring (bicyclic) bond motifs is 1. The van der Waals surface area contributed by atoms with Gasteiger partial charge in [0.1, 0.15) is 5.82 Å². The topological polar surface area (TPSA) is 37.8 Å². The Morgan fingerprint density at radius 2 is 1.86 bits per heavy atom. The van der Waals surface area contributed by atoms with Crippen molar-refractivity contribution in [2.24, 2.45) is 0 Å². The number of pyridine rings is 2. The van der Waals surface area contributed by atoms with E-state index in [1.807, 2.05) is 43.3 Å². The molecule has 0 aliphatic heterocycles. The van der Waals surface area contributed by atoms with E-state index in [2.05, 4.69) is 21.9 Å². The van der Waals surface area contributed by atoms with Crippen LogP contribution in [-0.4, -0.2) is 9.97 Å². The lowest BCUT2D eigenvalue weighted by molar-refractivity contribution is 0.631. The van der Waals surface area contributed by atoms with E-state index in [0.29, 0.717) is 16.3 Å². The first-order valence-corrected chi connectivity index (χ1v) is 9.13. The molecule has 0 radical (unpaired) electrons. The number of nitrogens with one attached hydrogen (secondary N) is 1. The SMILES string of the molecule is C=C(C)c1cnc(-c2cc(Cl)ccc2F)cc1Nc1ccnc2ccccc12. The Hall–Kier alpha value is -3.24. The van der Waals surface area contributed by atoms with E-state index in [9.17, 15) is 4.39 Å². The third-order valence-corrected chi connectivity index (χ3v) is 4.72. The Labute approximate surface area is 167 Å². The number of nitrogens with zero attached hydrogens (tertiary/aromatic N) is 2. The number of aromatic nitrogens is 2. The molecule has 0 aliphatic rings. The Balaban J connectivity index is 1.85. The number of halogens is 2. The molecule has 5 heteroatoms. The molecular formula is C23H17ClFN3. The predicted octanol–water partition coefficient (Wildman–Crippen LogP) is 6.87. The molecule has 0 saturated heterocycles. The summed E-state index contributed by atoms with van der Waals surface area (Å²) in [5.41, 5.74) is 5.12. The molecule has 0 bridgehead atoms. The van der Waals surface area contributed by atoms with Crippen molar-refractivity contribution in [3.8, 4) is 11.3 Å². The van der Waals surface area contributed by atoms with Crippen molar-refractivity contribution in [2.75, 3.05) is 5.32 Å². The Morgan fingerprint density at radius 3 is 2.68 bits per heavy atom. The average Bonchev–Trinajstić information content (AvgIpc) is 2.70. The van der Waals surface area contributed by atoms with E-state index < -0.39 is 0 Å². The highest BCUT2D eigenvalue weighted by molar-refractivity contribution is 6.30. The summed E-state index contributed by atoms with van der Waals surface area (Å²) in [6, 6.07) is 16.0. The van der Waals surface area contributed by atoms with Gasteiger partial charge >= 0.3 is 0 Å². The van der Waals surface area contributed by atoms with Gasteiger partial charge in [0, 0.05) is 45.3 Å². The highest BCUT2D eigenvalue weighted by atomic mass is 35.5. The first-order chi connectivity index (χ1) is 13.5. The van der Waals surface area contributed by atoms with Crippen molar-refractivity contribution in [1.29, 1.82) is 0 Å². The van der Waals surface area contributed by atoms with E-state index >= 15 is 0 Å². The van der Waals surface area contributed by atoms with Gasteiger partial charge in [-0.1, -0.05) is 36.4 Å². The first kappa shape index (κ1) is 18.1. The molecule has 0 amide bonds. The zero-order valence-corrected chi connectivity index (χ0v) is 16.0. The number of para-hydroxylation sites is 1. The van der Waals surface area contributed by atoms with Crippen LogP contribution in [0.3, 0.4) is 0 Å². The Morgan fingerprint density at radius 1 is 1.04 bits per heavy atom. The zero-order valence-electron chi connectivity index (χ0n) is 15.2. The van der Waals surface area contributed by atoms with Crippen molar-refractivity contribution in [2.45, 2.75) is 6.92 Å². The number of hydrogen-bond acceptors (Lipinski definition) is 3. The monoisotopic (exact) mass is 389 g/mol. The summed E-state index contributed by atoms with van der Waals surface area (Å²) in [6.45, 7) is 5.95. The second kappa shape index (κ2) is 7.41. The first-order valence-electron chi connectivity index (χ1n) is 8.75. The van der Waals surface area contributed by atoms with Gasteiger partial charge in [-0.2, -0.15) is 0 Å². The van der Waals surface area contributed by atoms with Gasteiger partial charge in [0.15, 0.2) is 0 Å². The summed E-state index contributed by atoms with van der Waals surface area (Å²) >= 11 is 6.05. The molecule has 0 spiro atoms. The van der Waals surface area contributed by atoms with E-state index in [1.165, 1.54) is 12.1 Å². The second-order valence-electron chi connectivity index (χ2n) is 6.52. The van der Waals surface area contributed by atoms with Crippen LogP contribution in [0.15, 0.2) is 73.6 Å². The average molecular weight is 390 g/mol. The normalized spacial score (nSPS) is 10.8. The minimum atomic E-state index is -0.375. The lowest BCUT2D eigenvalue weighted by Crippen LogP contribution is -1.99. The smallest absolute Gasteiger partial charge is 0.132 e. The number of benzene rings is 2. The fourth-order valence-corrected chi connectivity index (χ4v) is 3.26. The van der Waals surface area contributed by atoms with E-state index in [1.54, 1.807) is 18.5 Å². The maximum absolute atomic E-state index is 14.3. The third kappa shape index (κ3) is 3.47. The van der Waals surface area contributed by atoms with Gasteiger partial charge in [-0.25, -0.2) is 4.39 Å². The molecule has 138 valence electrons. The van der Waals surface area contributed by atoms with E-state index in [4.69, 9.17) is 11.6 Å². The molecule has 2 heterocycles. The van der Waals surface area contributed by atoms with Gasteiger partial charge < -0.3 is 5.32 Å². The van der Waals surface area contributed by atoms with Crippen LogP contribution in [-0.2, 0) is 0 Å². The molecule has 0 saturated carbocycles. The quantitative estimate of drug-likeness (QED) is 0.414. The fourth-order valence-electron chi connectivity index (χ4n) is 3.09. The van der Waals surface area contributed by atoms with E-state index in [0.717, 1.165) is 33.4 Å². The fraction of sp³-hybridized carbons (Fsp3) is 0.0435. The van der Waals surface area contributed by atoms with Crippen LogP contribution in [0.25, 0.3) is 27.7 Å². The Kier molecular flexibility index (Phi) is 4.80. The molecule has 0 aliphatic carbocycles. The molecule has 0 unspecified atom stereocenters. The van der Waals surface area contributed by atoms with Gasteiger partial charge in [-0.3, -0.25) is 9.97 Å². The minimum absolute atomic E-state index is 0.350. The second-order valence-corrected chi connectivity index (χ2v) is 6.96. The molecule has 2 aromatic carbocycles. The molecule has 1 N–H and O–H groups in total. The van der Waals surface area contributed by atoms with Gasteiger partial charge in [0.2, 0.25) is 0 Å². The largest absolute Gasteiger partial charge is 0.354 e. The Bertz CT molecular complexity index is 1200. The maximum atomic E-state index is 14.3. The summed E-state index contributed by atoms with van der Waals surface area (Å²) in [5.74, 6) is -0.375. The molecule has 0 atom stereocenters. The summed E-state index contributed by atoms with van der Waals surface area (Å²) in [4.78, 5) is 8.82. The van der Waals surface area contributed by atoms with Crippen LogP contribution in [0.5, 0.6) is 0 Å². The molecule has 4 aromatic rings. The number of hydrogen-bond donors (Lipinski definition) is 1. The highest BCUT2D eigenvalue weighted by Gasteiger charge is 2.13. The summed E-state index contributed by atoms with van der Waals surface area (Å²) < 4.78 is 14.3. The van der Waals surface area contributed by atoms with Crippen molar-refractivity contribution >= 4 is 39.5 Å². The van der Waals surface area contributed by atoms with Crippen LogP contribution in [0.2, 0.25) is 5.02 Å². The van der Waals surface area contributed by atoms with Crippen LogP contribution < -0.4 is 5.32 Å². The standard InChI is InChI=1S/C23H17ClFN3/c1-14(2)18-13-27-22(17-11-15(24)7-8-19(17)25)12-23(18)28-21-9-10-26-20-6-4-3-5-16(20)21/h3-13H,1H2,2H3,(H,26,27,28). The highest BCUT2D eigenvalue weighted by Crippen LogP contribution is 2.33. The van der Waals surface area contributed by atoms with E-state index in [-0.39, 0.29) is 5.82 Å². The maximum Gasteiger partial charge on any atom is 0.132 e. The van der Waals surface area contributed by atoms with Crippen molar-refractivity contribution in [3.63, 3.8) is 0 Å². The molecule has 4 rings (SSSR count). The van der Waals surface area contributed by atoms with Crippen molar-refractivity contribution in [3.05, 3.63) is 90.0 Å². The number of rotatable bonds is 4. The number of anilines is 2. The van der Waals surface area contributed by atoms with Gasteiger partial charge in [0.25, 0.3) is 0 Å². The number of allylic oxidation sites excluding steroid dienone is 1. The molecule has 28 heavy (non-hydrogen) atoms.